The highest BCUT2D eigenvalue weighted by Crippen LogP contribution is 2.56. The predicted octanol–water partition coefficient (Wildman–Crippen LogP) is 11.5. The molecule has 1 aromatic heterocycles. The molecular weight excluding hydrogens is 593 g/mol. The van der Waals surface area contributed by atoms with Crippen LogP contribution >= 0.6 is 0 Å². The van der Waals surface area contributed by atoms with Gasteiger partial charge in [0.2, 0.25) is 0 Å². The summed E-state index contributed by atoms with van der Waals surface area (Å²) < 4.78 is 0. The van der Waals surface area contributed by atoms with Gasteiger partial charge in [-0.2, -0.15) is 0 Å². The second-order valence-electron chi connectivity index (χ2n) is 12.6. The first kappa shape index (κ1) is 28.8. The predicted molar refractivity (Wildman–Crippen MR) is 201 cm³/mol. The van der Waals surface area contributed by atoms with Gasteiger partial charge in [-0.1, -0.05) is 176 Å². The minimum atomic E-state index is -0.408. The van der Waals surface area contributed by atoms with Gasteiger partial charge in [0.05, 0.1) is 16.8 Å². The van der Waals surface area contributed by atoms with Crippen molar-refractivity contribution in [3.8, 4) is 56.2 Å². The molecule has 0 radical (unpaired) electrons. The Morgan fingerprint density at radius 1 is 0.306 bits per heavy atom. The highest BCUT2D eigenvalue weighted by molar-refractivity contribution is 5.89. The molecule has 49 heavy (non-hydrogen) atoms. The van der Waals surface area contributed by atoms with E-state index in [1.54, 1.807) is 0 Å². The van der Waals surface area contributed by atoms with E-state index >= 15 is 0 Å². The summed E-state index contributed by atoms with van der Waals surface area (Å²) in [5, 5.41) is 0. The molecule has 0 saturated heterocycles. The summed E-state index contributed by atoms with van der Waals surface area (Å²) in [5.74, 6) is 0.709. The Labute approximate surface area is 287 Å². The van der Waals surface area contributed by atoms with Crippen LogP contribution < -0.4 is 0 Å². The van der Waals surface area contributed by atoms with Crippen LogP contribution in [0.1, 0.15) is 22.3 Å². The number of hydrogen-bond donors (Lipinski definition) is 0. The average molecular weight is 625 g/mol. The Bertz CT molecular complexity index is 2320. The maximum absolute atomic E-state index is 5.10. The molecule has 1 aliphatic rings. The fourth-order valence-electron chi connectivity index (χ4n) is 7.56. The minimum absolute atomic E-state index is 0.408. The average Bonchev–Trinajstić information content (AvgIpc) is 3.49. The van der Waals surface area contributed by atoms with Crippen molar-refractivity contribution in [1.29, 1.82) is 0 Å². The summed E-state index contributed by atoms with van der Waals surface area (Å²) >= 11 is 0. The molecule has 0 spiro atoms. The molecule has 2 nitrogen and oxygen atoms in total. The van der Waals surface area contributed by atoms with Crippen molar-refractivity contribution < 1.29 is 0 Å². The van der Waals surface area contributed by atoms with Gasteiger partial charge in [-0.15, -0.1) is 0 Å². The van der Waals surface area contributed by atoms with E-state index in [-0.39, 0.29) is 0 Å². The summed E-state index contributed by atoms with van der Waals surface area (Å²) in [4.78, 5) is 10.2. The van der Waals surface area contributed by atoms with Crippen molar-refractivity contribution in [2.45, 2.75) is 5.41 Å². The normalized spacial score (nSPS) is 12.7. The maximum Gasteiger partial charge on any atom is 0.160 e. The second kappa shape index (κ2) is 12.0. The van der Waals surface area contributed by atoms with Crippen molar-refractivity contribution in [3.05, 3.63) is 216 Å². The molecule has 0 atom stereocenters. The zero-order chi connectivity index (χ0) is 32.6. The van der Waals surface area contributed by atoms with E-state index in [0.717, 1.165) is 39.2 Å². The smallest absolute Gasteiger partial charge is 0.160 e. The highest BCUT2D eigenvalue weighted by atomic mass is 14.9. The number of nitrogens with zero attached hydrogens (tertiary/aromatic N) is 2. The molecule has 230 valence electrons. The number of aromatic nitrogens is 2. The van der Waals surface area contributed by atoms with Gasteiger partial charge in [-0.25, -0.2) is 9.97 Å². The molecule has 0 saturated carbocycles. The zero-order valence-electron chi connectivity index (χ0n) is 26.9. The fourth-order valence-corrected chi connectivity index (χ4v) is 7.56. The van der Waals surface area contributed by atoms with Crippen LogP contribution in [0.3, 0.4) is 0 Å². The van der Waals surface area contributed by atoms with Gasteiger partial charge in [0, 0.05) is 16.7 Å². The van der Waals surface area contributed by atoms with Gasteiger partial charge >= 0.3 is 0 Å². The lowest BCUT2D eigenvalue weighted by atomic mass is 9.67. The number of rotatable bonds is 6. The van der Waals surface area contributed by atoms with Crippen LogP contribution in [0.4, 0.5) is 0 Å². The van der Waals surface area contributed by atoms with E-state index in [4.69, 9.17) is 9.97 Å². The quantitative estimate of drug-likeness (QED) is 0.184. The van der Waals surface area contributed by atoms with E-state index in [2.05, 4.69) is 182 Å². The van der Waals surface area contributed by atoms with Crippen LogP contribution in [0.5, 0.6) is 0 Å². The Kier molecular flexibility index (Phi) is 7.06. The van der Waals surface area contributed by atoms with E-state index in [1.165, 1.54) is 33.4 Å². The Balaban J connectivity index is 1.20. The van der Waals surface area contributed by atoms with Crippen LogP contribution in [0.2, 0.25) is 0 Å². The molecule has 9 rings (SSSR count). The molecule has 1 heterocycles. The van der Waals surface area contributed by atoms with Gasteiger partial charge in [-0.3, -0.25) is 0 Å². The molecule has 8 aromatic rings. The summed E-state index contributed by atoms with van der Waals surface area (Å²) in [6.45, 7) is 0. The minimum Gasteiger partial charge on any atom is -0.228 e. The SMILES string of the molecule is c1ccc(-c2cc(-c3ccccc3)nc(-c3cccc(-c4ccc5c(c4)-c4ccccc4C5(c4ccccc4)c4ccccc4)c3)n2)cc1. The topological polar surface area (TPSA) is 25.8 Å². The van der Waals surface area contributed by atoms with Gasteiger partial charge in [-0.05, 0) is 62.7 Å². The van der Waals surface area contributed by atoms with Crippen LogP contribution in [0.25, 0.3) is 56.2 Å². The molecule has 0 fully saturated rings. The monoisotopic (exact) mass is 624 g/mol. The van der Waals surface area contributed by atoms with Crippen LogP contribution in [-0.2, 0) is 5.41 Å². The Morgan fingerprint density at radius 3 is 1.39 bits per heavy atom. The van der Waals surface area contributed by atoms with Crippen molar-refractivity contribution in [2.24, 2.45) is 0 Å². The fraction of sp³-hybridized carbons (Fsp3) is 0.0213. The lowest BCUT2D eigenvalue weighted by molar-refractivity contribution is 0.768. The highest BCUT2D eigenvalue weighted by Gasteiger charge is 2.45. The lowest BCUT2D eigenvalue weighted by Crippen LogP contribution is -2.28. The third-order valence-corrected chi connectivity index (χ3v) is 9.78. The first-order chi connectivity index (χ1) is 24.3. The number of benzene rings is 7. The van der Waals surface area contributed by atoms with Crippen molar-refractivity contribution >= 4 is 0 Å². The van der Waals surface area contributed by atoms with Gasteiger partial charge in [0.25, 0.3) is 0 Å². The van der Waals surface area contributed by atoms with Crippen molar-refractivity contribution in [3.63, 3.8) is 0 Å². The summed E-state index contributed by atoms with van der Waals surface area (Å²) in [5.41, 5.74) is 14.5. The number of fused-ring (bicyclic) bond motifs is 3. The molecular formula is C47H32N2. The largest absolute Gasteiger partial charge is 0.228 e. The van der Waals surface area contributed by atoms with Crippen LogP contribution in [0.15, 0.2) is 194 Å². The Hall–Kier alpha value is -6.38. The van der Waals surface area contributed by atoms with E-state index in [9.17, 15) is 0 Å². The van der Waals surface area contributed by atoms with Crippen molar-refractivity contribution in [2.75, 3.05) is 0 Å². The number of hydrogen-bond acceptors (Lipinski definition) is 2. The molecule has 0 amide bonds. The molecule has 1 aliphatic carbocycles. The second-order valence-corrected chi connectivity index (χ2v) is 12.6. The molecule has 7 aromatic carbocycles. The van der Waals surface area contributed by atoms with Crippen LogP contribution in [0, 0.1) is 0 Å². The molecule has 0 bridgehead atoms. The Morgan fingerprint density at radius 2 is 0.776 bits per heavy atom. The standard InChI is InChI=1S/C47H32N2/c1-5-16-33(17-6-1)44-32-45(34-18-7-2-8-19-34)49-46(48-44)37-21-15-20-35(30-37)36-28-29-43-41(31-36)40-26-13-14-27-42(40)47(43,38-22-9-3-10-23-38)39-24-11-4-12-25-39/h1-32H. The van der Waals surface area contributed by atoms with Gasteiger partial charge < -0.3 is 0 Å². The first-order valence-corrected chi connectivity index (χ1v) is 16.8. The van der Waals surface area contributed by atoms with Gasteiger partial charge in [0.1, 0.15) is 0 Å². The lowest BCUT2D eigenvalue weighted by Gasteiger charge is -2.33. The molecule has 2 heteroatoms. The molecule has 0 N–H and O–H groups in total. The van der Waals surface area contributed by atoms with Crippen LogP contribution in [-0.4, -0.2) is 9.97 Å². The van der Waals surface area contributed by atoms with Gasteiger partial charge in [0.15, 0.2) is 5.82 Å². The van der Waals surface area contributed by atoms with Crippen molar-refractivity contribution in [1.82, 2.24) is 9.97 Å². The summed E-state index contributed by atoms with van der Waals surface area (Å²) in [7, 11) is 0. The third kappa shape index (κ3) is 4.89. The summed E-state index contributed by atoms with van der Waals surface area (Å²) in [6.07, 6.45) is 0. The van der Waals surface area contributed by atoms with E-state index < -0.39 is 5.41 Å². The third-order valence-electron chi connectivity index (χ3n) is 9.78. The molecule has 0 unspecified atom stereocenters. The zero-order valence-corrected chi connectivity index (χ0v) is 26.9. The van der Waals surface area contributed by atoms with E-state index in [1.807, 2.05) is 12.1 Å². The molecule has 0 aliphatic heterocycles. The first-order valence-electron chi connectivity index (χ1n) is 16.8. The summed E-state index contributed by atoms with van der Waals surface area (Å²) in [6, 6.07) is 69.2. The van der Waals surface area contributed by atoms with E-state index in [0.29, 0.717) is 5.82 Å². The maximum atomic E-state index is 5.10.